The van der Waals surface area contributed by atoms with Gasteiger partial charge in [-0.05, 0) is 23.8 Å². The van der Waals surface area contributed by atoms with Crippen LogP contribution in [0, 0.1) is 11.3 Å². The first kappa shape index (κ1) is 16.1. The standard InChI is InChI=1S/C17H25NS/c1-2-3-4-5-6-7-10-13-19-15-17-12-9-8-11-16(17)14-18/h8-9,11-12H,2-7,10,13,15H2,1H3. The number of unbranched alkanes of at least 4 members (excludes halogenated alkanes) is 6. The van der Waals surface area contributed by atoms with Gasteiger partial charge in [-0.3, -0.25) is 0 Å². The Morgan fingerprint density at radius 1 is 1.00 bits per heavy atom. The molecule has 1 aromatic rings. The Hall–Kier alpha value is -0.940. The van der Waals surface area contributed by atoms with Crippen molar-refractivity contribution in [2.45, 2.75) is 57.6 Å². The van der Waals surface area contributed by atoms with Crippen LogP contribution in [0.1, 0.15) is 63.0 Å². The SMILES string of the molecule is CCCCCCCCCSCc1ccccc1C#N. The summed E-state index contributed by atoms with van der Waals surface area (Å²) in [5.41, 5.74) is 2.01. The molecule has 0 saturated heterocycles. The van der Waals surface area contributed by atoms with Crippen molar-refractivity contribution >= 4 is 11.8 Å². The Morgan fingerprint density at radius 3 is 2.42 bits per heavy atom. The first-order chi connectivity index (χ1) is 9.38. The minimum absolute atomic E-state index is 0.828. The average molecular weight is 275 g/mol. The molecular formula is C17H25NS. The molecule has 0 aliphatic carbocycles. The van der Waals surface area contributed by atoms with E-state index in [1.807, 2.05) is 30.0 Å². The lowest BCUT2D eigenvalue weighted by molar-refractivity contribution is 0.603. The maximum absolute atomic E-state index is 9.00. The molecule has 1 rings (SSSR count). The van der Waals surface area contributed by atoms with Crippen LogP contribution in [0.4, 0.5) is 0 Å². The van der Waals surface area contributed by atoms with Crippen molar-refractivity contribution in [3.8, 4) is 6.07 Å². The molecule has 0 aromatic heterocycles. The molecule has 1 nitrogen and oxygen atoms in total. The van der Waals surface area contributed by atoms with Gasteiger partial charge in [0.1, 0.15) is 0 Å². The highest BCUT2D eigenvalue weighted by atomic mass is 32.2. The first-order valence-electron chi connectivity index (χ1n) is 7.44. The van der Waals surface area contributed by atoms with E-state index in [0.717, 1.165) is 11.3 Å². The predicted molar refractivity (Wildman–Crippen MR) is 85.3 cm³/mol. The molecular weight excluding hydrogens is 250 g/mol. The number of nitriles is 1. The Balaban J connectivity index is 2.03. The zero-order chi connectivity index (χ0) is 13.8. The Kier molecular flexibility index (Phi) is 9.27. The van der Waals surface area contributed by atoms with Crippen LogP contribution in [0.5, 0.6) is 0 Å². The zero-order valence-corrected chi connectivity index (χ0v) is 12.8. The van der Waals surface area contributed by atoms with Gasteiger partial charge < -0.3 is 0 Å². The third-order valence-corrected chi connectivity index (χ3v) is 4.38. The van der Waals surface area contributed by atoms with E-state index in [1.165, 1.54) is 56.3 Å². The van der Waals surface area contributed by atoms with Gasteiger partial charge in [-0.25, -0.2) is 0 Å². The van der Waals surface area contributed by atoms with E-state index < -0.39 is 0 Å². The van der Waals surface area contributed by atoms with E-state index >= 15 is 0 Å². The van der Waals surface area contributed by atoms with E-state index in [2.05, 4.69) is 19.1 Å². The number of hydrogen-bond donors (Lipinski definition) is 0. The van der Waals surface area contributed by atoms with Crippen LogP contribution in [-0.4, -0.2) is 5.75 Å². The van der Waals surface area contributed by atoms with E-state index in [-0.39, 0.29) is 0 Å². The van der Waals surface area contributed by atoms with Crippen LogP contribution in [0.2, 0.25) is 0 Å². The van der Waals surface area contributed by atoms with E-state index in [9.17, 15) is 0 Å². The normalized spacial score (nSPS) is 10.3. The van der Waals surface area contributed by atoms with Crippen molar-refractivity contribution in [2.24, 2.45) is 0 Å². The summed E-state index contributed by atoms with van der Waals surface area (Å²) < 4.78 is 0. The van der Waals surface area contributed by atoms with Gasteiger partial charge in [-0.15, -0.1) is 0 Å². The molecule has 0 atom stereocenters. The highest BCUT2D eigenvalue weighted by Crippen LogP contribution is 2.18. The number of nitrogens with zero attached hydrogens (tertiary/aromatic N) is 1. The van der Waals surface area contributed by atoms with Gasteiger partial charge in [0, 0.05) is 5.75 Å². The van der Waals surface area contributed by atoms with Crippen LogP contribution in [-0.2, 0) is 5.75 Å². The van der Waals surface area contributed by atoms with E-state index in [1.54, 1.807) is 0 Å². The Morgan fingerprint density at radius 2 is 1.68 bits per heavy atom. The van der Waals surface area contributed by atoms with Gasteiger partial charge in [0.15, 0.2) is 0 Å². The van der Waals surface area contributed by atoms with Gasteiger partial charge in [-0.1, -0.05) is 63.6 Å². The first-order valence-corrected chi connectivity index (χ1v) is 8.59. The van der Waals surface area contributed by atoms with E-state index in [0.29, 0.717) is 0 Å². The minimum Gasteiger partial charge on any atom is -0.192 e. The van der Waals surface area contributed by atoms with Crippen molar-refractivity contribution in [2.75, 3.05) is 5.75 Å². The quantitative estimate of drug-likeness (QED) is 0.523. The smallest absolute Gasteiger partial charge is 0.0994 e. The van der Waals surface area contributed by atoms with Crippen molar-refractivity contribution in [1.82, 2.24) is 0 Å². The summed E-state index contributed by atoms with van der Waals surface area (Å²) in [6, 6.07) is 10.2. The highest BCUT2D eigenvalue weighted by Gasteiger charge is 2.00. The van der Waals surface area contributed by atoms with Crippen molar-refractivity contribution in [1.29, 1.82) is 5.26 Å². The number of thioether (sulfide) groups is 1. The molecule has 0 heterocycles. The highest BCUT2D eigenvalue weighted by molar-refractivity contribution is 7.98. The average Bonchev–Trinajstić information content (AvgIpc) is 2.46. The zero-order valence-electron chi connectivity index (χ0n) is 12.0. The fourth-order valence-corrected chi connectivity index (χ4v) is 3.12. The summed E-state index contributed by atoms with van der Waals surface area (Å²) in [4.78, 5) is 0. The maximum Gasteiger partial charge on any atom is 0.0994 e. The molecule has 19 heavy (non-hydrogen) atoms. The molecule has 0 N–H and O–H groups in total. The molecule has 2 heteroatoms. The third-order valence-electron chi connectivity index (χ3n) is 3.29. The lowest BCUT2D eigenvalue weighted by Gasteiger charge is -2.04. The summed E-state index contributed by atoms with van der Waals surface area (Å²) in [5.74, 6) is 2.19. The number of hydrogen-bond acceptors (Lipinski definition) is 2. The second kappa shape index (κ2) is 10.9. The summed E-state index contributed by atoms with van der Waals surface area (Å²) in [6.07, 6.45) is 9.57. The lowest BCUT2D eigenvalue weighted by atomic mass is 10.1. The van der Waals surface area contributed by atoms with Crippen LogP contribution in [0.25, 0.3) is 0 Å². The molecule has 0 fully saturated rings. The maximum atomic E-state index is 9.00. The monoisotopic (exact) mass is 275 g/mol. The van der Waals surface area contributed by atoms with Crippen molar-refractivity contribution in [3.05, 3.63) is 35.4 Å². The summed E-state index contributed by atoms with van der Waals surface area (Å²) in [6.45, 7) is 2.26. The molecule has 0 bridgehead atoms. The lowest BCUT2D eigenvalue weighted by Crippen LogP contribution is -1.88. The fraction of sp³-hybridized carbons (Fsp3) is 0.588. The number of benzene rings is 1. The fourth-order valence-electron chi connectivity index (χ4n) is 2.10. The van der Waals surface area contributed by atoms with Crippen LogP contribution >= 0.6 is 11.8 Å². The van der Waals surface area contributed by atoms with Gasteiger partial charge >= 0.3 is 0 Å². The van der Waals surface area contributed by atoms with Gasteiger partial charge in [0.05, 0.1) is 11.6 Å². The minimum atomic E-state index is 0.828. The molecule has 0 radical (unpaired) electrons. The van der Waals surface area contributed by atoms with Crippen molar-refractivity contribution < 1.29 is 0 Å². The molecule has 0 aliphatic heterocycles. The molecule has 1 aromatic carbocycles. The van der Waals surface area contributed by atoms with Gasteiger partial charge in [0.25, 0.3) is 0 Å². The Bertz CT molecular complexity index is 381. The molecule has 0 spiro atoms. The molecule has 0 unspecified atom stereocenters. The summed E-state index contributed by atoms with van der Waals surface area (Å²) in [5, 5.41) is 9.00. The molecule has 0 saturated carbocycles. The van der Waals surface area contributed by atoms with Gasteiger partial charge in [-0.2, -0.15) is 17.0 Å². The van der Waals surface area contributed by atoms with Crippen molar-refractivity contribution in [3.63, 3.8) is 0 Å². The van der Waals surface area contributed by atoms with Crippen LogP contribution in [0.15, 0.2) is 24.3 Å². The predicted octanol–water partition coefficient (Wildman–Crippen LogP) is 5.54. The summed E-state index contributed by atoms with van der Waals surface area (Å²) >= 11 is 1.95. The number of rotatable bonds is 10. The second-order valence-corrected chi connectivity index (χ2v) is 6.05. The Labute approximate surface area is 122 Å². The largest absolute Gasteiger partial charge is 0.192 e. The topological polar surface area (TPSA) is 23.8 Å². The van der Waals surface area contributed by atoms with Crippen LogP contribution < -0.4 is 0 Å². The van der Waals surface area contributed by atoms with E-state index in [4.69, 9.17) is 5.26 Å². The van der Waals surface area contributed by atoms with Gasteiger partial charge in [0.2, 0.25) is 0 Å². The molecule has 0 aliphatic rings. The molecule has 0 amide bonds. The van der Waals surface area contributed by atoms with Crippen LogP contribution in [0.3, 0.4) is 0 Å². The third kappa shape index (κ3) is 7.28. The summed E-state index contributed by atoms with van der Waals surface area (Å²) in [7, 11) is 0. The molecule has 104 valence electrons. The second-order valence-electron chi connectivity index (χ2n) is 4.94.